The van der Waals surface area contributed by atoms with E-state index in [9.17, 15) is 4.79 Å². The SMILES string of the molecule is C=CCNC(=O)[C@H](C)N1CCN(c2ccccc2Cl)CC1. The summed E-state index contributed by atoms with van der Waals surface area (Å²) in [6.45, 7) is 9.54. The molecule has 0 aliphatic carbocycles. The number of benzene rings is 1. The van der Waals surface area contributed by atoms with E-state index in [0.29, 0.717) is 6.54 Å². The Labute approximate surface area is 131 Å². The summed E-state index contributed by atoms with van der Waals surface area (Å²) >= 11 is 6.24. The van der Waals surface area contributed by atoms with Crippen LogP contribution in [-0.4, -0.2) is 49.6 Å². The van der Waals surface area contributed by atoms with Crippen LogP contribution in [0.5, 0.6) is 0 Å². The van der Waals surface area contributed by atoms with Crippen molar-refractivity contribution in [2.45, 2.75) is 13.0 Å². The van der Waals surface area contributed by atoms with Crippen LogP contribution >= 0.6 is 11.6 Å². The maximum absolute atomic E-state index is 12.0. The van der Waals surface area contributed by atoms with Crippen molar-refractivity contribution in [3.05, 3.63) is 41.9 Å². The van der Waals surface area contributed by atoms with Gasteiger partial charge in [0.05, 0.1) is 16.8 Å². The molecule has 0 unspecified atom stereocenters. The molecule has 1 amide bonds. The molecule has 1 aromatic rings. The molecule has 21 heavy (non-hydrogen) atoms. The van der Waals surface area contributed by atoms with Gasteiger partial charge in [0.25, 0.3) is 0 Å². The molecule has 1 heterocycles. The average molecular weight is 308 g/mol. The van der Waals surface area contributed by atoms with Gasteiger partial charge in [0, 0.05) is 32.7 Å². The fourth-order valence-electron chi connectivity index (χ4n) is 2.54. The van der Waals surface area contributed by atoms with Gasteiger partial charge in [-0.3, -0.25) is 9.69 Å². The van der Waals surface area contributed by atoms with Crippen molar-refractivity contribution in [3.63, 3.8) is 0 Å². The molecule has 1 N–H and O–H groups in total. The number of nitrogens with one attached hydrogen (secondary N) is 1. The molecular formula is C16H22ClN3O. The second-order valence-corrected chi connectivity index (χ2v) is 5.59. The Morgan fingerprint density at radius 2 is 2.05 bits per heavy atom. The van der Waals surface area contributed by atoms with Gasteiger partial charge in [-0.2, -0.15) is 0 Å². The lowest BCUT2D eigenvalue weighted by atomic mass is 10.2. The second-order valence-electron chi connectivity index (χ2n) is 5.18. The van der Waals surface area contributed by atoms with Crippen LogP contribution in [0.4, 0.5) is 5.69 Å². The van der Waals surface area contributed by atoms with E-state index >= 15 is 0 Å². The third kappa shape index (κ3) is 3.99. The fraction of sp³-hybridized carbons (Fsp3) is 0.438. The van der Waals surface area contributed by atoms with Crippen molar-refractivity contribution < 1.29 is 4.79 Å². The number of para-hydroxylation sites is 1. The molecule has 5 heteroatoms. The molecule has 0 saturated carbocycles. The summed E-state index contributed by atoms with van der Waals surface area (Å²) in [5.74, 6) is 0.0566. The molecule has 0 spiro atoms. The van der Waals surface area contributed by atoms with Gasteiger partial charge in [-0.25, -0.2) is 0 Å². The van der Waals surface area contributed by atoms with Crippen LogP contribution in [0.15, 0.2) is 36.9 Å². The molecule has 1 atom stereocenters. The Hall–Kier alpha value is -1.52. The van der Waals surface area contributed by atoms with Crippen LogP contribution in [-0.2, 0) is 4.79 Å². The van der Waals surface area contributed by atoms with E-state index in [1.54, 1.807) is 6.08 Å². The highest BCUT2D eigenvalue weighted by Crippen LogP contribution is 2.26. The highest BCUT2D eigenvalue weighted by atomic mass is 35.5. The number of carbonyl (C=O) groups is 1. The van der Waals surface area contributed by atoms with Gasteiger partial charge in [-0.1, -0.05) is 29.8 Å². The molecule has 0 bridgehead atoms. The number of hydrogen-bond acceptors (Lipinski definition) is 3. The van der Waals surface area contributed by atoms with E-state index in [0.717, 1.165) is 36.9 Å². The van der Waals surface area contributed by atoms with Crippen LogP contribution in [0.3, 0.4) is 0 Å². The lowest BCUT2D eigenvalue weighted by Gasteiger charge is -2.38. The maximum Gasteiger partial charge on any atom is 0.237 e. The van der Waals surface area contributed by atoms with E-state index in [1.807, 2.05) is 31.2 Å². The van der Waals surface area contributed by atoms with E-state index in [2.05, 4.69) is 21.7 Å². The highest BCUT2D eigenvalue weighted by Gasteiger charge is 2.25. The third-order valence-corrected chi connectivity index (χ3v) is 4.17. The van der Waals surface area contributed by atoms with Crippen LogP contribution in [0.2, 0.25) is 5.02 Å². The van der Waals surface area contributed by atoms with Crippen LogP contribution in [0.25, 0.3) is 0 Å². The fourth-order valence-corrected chi connectivity index (χ4v) is 2.80. The second kappa shape index (κ2) is 7.48. The van der Waals surface area contributed by atoms with E-state index in [1.165, 1.54) is 0 Å². The predicted molar refractivity (Wildman–Crippen MR) is 87.9 cm³/mol. The van der Waals surface area contributed by atoms with Crippen molar-refractivity contribution in [1.29, 1.82) is 0 Å². The van der Waals surface area contributed by atoms with Crippen LogP contribution < -0.4 is 10.2 Å². The molecule has 4 nitrogen and oxygen atoms in total. The van der Waals surface area contributed by atoms with Crippen molar-refractivity contribution >= 4 is 23.2 Å². The molecule has 1 aliphatic heterocycles. The van der Waals surface area contributed by atoms with Gasteiger partial charge in [0.15, 0.2) is 0 Å². The minimum atomic E-state index is -0.113. The number of amides is 1. The Bertz CT molecular complexity index is 498. The first kappa shape index (κ1) is 15.9. The standard InChI is InChI=1S/C16H22ClN3O/c1-3-8-18-16(21)13(2)19-9-11-20(12-10-19)15-7-5-4-6-14(15)17/h3-7,13H,1,8-12H2,2H3,(H,18,21)/t13-/m0/s1. The molecule has 1 fully saturated rings. The maximum atomic E-state index is 12.0. The van der Waals surface area contributed by atoms with Gasteiger partial charge in [-0.15, -0.1) is 6.58 Å². The highest BCUT2D eigenvalue weighted by molar-refractivity contribution is 6.33. The lowest BCUT2D eigenvalue weighted by molar-refractivity contribution is -0.125. The molecular weight excluding hydrogens is 286 g/mol. The third-order valence-electron chi connectivity index (χ3n) is 3.86. The number of carbonyl (C=O) groups excluding carboxylic acids is 1. The molecule has 0 radical (unpaired) electrons. The Kier molecular flexibility index (Phi) is 5.65. The largest absolute Gasteiger partial charge is 0.368 e. The molecule has 1 aromatic carbocycles. The van der Waals surface area contributed by atoms with Crippen molar-refractivity contribution in [2.24, 2.45) is 0 Å². The normalized spacial score (nSPS) is 17.3. The van der Waals surface area contributed by atoms with Gasteiger partial charge >= 0.3 is 0 Å². The van der Waals surface area contributed by atoms with Crippen molar-refractivity contribution in [3.8, 4) is 0 Å². The lowest BCUT2D eigenvalue weighted by Crippen LogP contribution is -2.54. The minimum Gasteiger partial charge on any atom is -0.368 e. The number of hydrogen-bond donors (Lipinski definition) is 1. The van der Waals surface area contributed by atoms with Gasteiger partial charge in [0.2, 0.25) is 5.91 Å². The molecule has 1 aliphatic rings. The van der Waals surface area contributed by atoms with Gasteiger partial charge in [-0.05, 0) is 19.1 Å². The quantitative estimate of drug-likeness (QED) is 0.847. The summed E-state index contributed by atoms with van der Waals surface area (Å²) in [6.07, 6.45) is 1.69. The number of piperazine rings is 1. The summed E-state index contributed by atoms with van der Waals surface area (Å²) in [7, 11) is 0. The zero-order valence-corrected chi connectivity index (χ0v) is 13.1. The first-order chi connectivity index (χ1) is 10.1. The zero-order chi connectivity index (χ0) is 15.2. The van der Waals surface area contributed by atoms with Crippen molar-refractivity contribution in [2.75, 3.05) is 37.6 Å². The summed E-state index contributed by atoms with van der Waals surface area (Å²) < 4.78 is 0. The van der Waals surface area contributed by atoms with Crippen molar-refractivity contribution in [1.82, 2.24) is 10.2 Å². The average Bonchev–Trinajstić information content (AvgIpc) is 2.52. The number of anilines is 1. The minimum absolute atomic E-state index is 0.0566. The Morgan fingerprint density at radius 3 is 2.67 bits per heavy atom. The Balaban J connectivity index is 1.90. The van der Waals surface area contributed by atoms with E-state index < -0.39 is 0 Å². The van der Waals surface area contributed by atoms with Crippen LogP contribution in [0.1, 0.15) is 6.92 Å². The first-order valence-electron chi connectivity index (χ1n) is 7.25. The van der Waals surface area contributed by atoms with E-state index in [4.69, 9.17) is 11.6 Å². The van der Waals surface area contributed by atoms with Gasteiger partial charge in [0.1, 0.15) is 0 Å². The number of rotatable bonds is 5. The topological polar surface area (TPSA) is 35.6 Å². The summed E-state index contributed by atoms with van der Waals surface area (Å²) in [6, 6.07) is 7.78. The first-order valence-corrected chi connectivity index (χ1v) is 7.63. The van der Waals surface area contributed by atoms with Gasteiger partial charge < -0.3 is 10.2 Å². The number of nitrogens with zero attached hydrogens (tertiary/aromatic N) is 2. The Morgan fingerprint density at radius 1 is 1.38 bits per heavy atom. The molecule has 114 valence electrons. The monoisotopic (exact) mass is 307 g/mol. The summed E-state index contributed by atoms with van der Waals surface area (Å²) in [5, 5.41) is 3.63. The predicted octanol–water partition coefficient (Wildman–Crippen LogP) is 2.15. The summed E-state index contributed by atoms with van der Waals surface area (Å²) in [5.41, 5.74) is 1.07. The zero-order valence-electron chi connectivity index (χ0n) is 12.4. The summed E-state index contributed by atoms with van der Waals surface area (Å²) in [4.78, 5) is 16.4. The molecule has 0 aromatic heterocycles. The smallest absolute Gasteiger partial charge is 0.237 e. The molecule has 1 saturated heterocycles. The molecule has 2 rings (SSSR count). The number of halogens is 1. The van der Waals surface area contributed by atoms with Crippen LogP contribution in [0, 0.1) is 0 Å². The van der Waals surface area contributed by atoms with E-state index in [-0.39, 0.29) is 11.9 Å².